The minimum Gasteiger partial charge on any atom is -0.326 e. The van der Waals surface area contributed by atoms with Crippen LogP contribution in [0.3, 0.4) is 0 Å². The Morgan fingerprint density at radius 2 is 1.68 bits per heavy atom. The Bertz CT molecular complexity index is 1100. The second kappa shape index (κ2) is 8.77. The summed E-state index contributed by atoms with van der Waals surface area (Å²) in [5.41, 5.74) is 1.53. The Balaban J connectivity index is 1.73. The number of benzene rings is 3. The van der Waals surface area contributed by atoms with Gasteiger partial charge in [-0.1, -0.05) is 57.9 Å². The molecule has 3 aromatic carbocycles. The highest BCUT2D eigenvalue weighted by Gasteiger charge is 2.16. The van der Waals surface area contributed by atoms with Gasteiger partial charge in [0.2, 0.25) is 5.91 Å². The third kappa shape index (κ3) is 5.34. The summed E-state index contributed by atoms with van der Waals surface area (Å²) in [6.07, 6.45) is 0.183. The molecule has 0 bridgehead atoms. The summed E-state index contributed by atoms with van der Waals surface area (Å²) in [6, 6.07) is 20.0. The zero-order chi connectivity index (χ0) is 20.1. The predicted octanol–water partition coefficient (Wildman–Crippen LogP) is 5.08. The third-order valence-corrected chi connectivity index (χ3v) is 6.05. The lowest BCUT2D eigenvalue weighted by molar-refractivity contribution is -0.115. The van der Waals surface area contributed by atoms with Crippen molar-refractivity contribution in [3.8, 4) is 0 Å². The number of rotatable bonds is 6. The van der Waals surface area contributed by atoms with Crippen molar-refractivity contribution in [3.05, 3.63) is 87.9 Å². The van der Waals surface area contributed by atoms with Crippen molar-refractivity contribution < 1.29 is 13.2 Å². The number of sulfonamides is 1. The lowest BCUT2D eigenvalue weighted by Gasteiger charge is -2.11. The molecular weight excluding hydrogens is 464 g/mol. The van der Waals surface area contributed by atoms with Gasteiger partial charge in [0, 0.05) is 10.2 Å². The van der Waals surface area contributed by atoms with Gasteiger partial charge in [-0.05, 0) is 48.0 Å². The Hall–Kier alpha value is -2.35. The van der Waals surface area contributed by atoms with Crippen LogP contribution < -0.4 is 10.0 Å². The Labute approximate surface area is 176 Å². The summed E-state index contributed by atoms with van der Waals surface area (Å²) in [4.78, 5) is 12.3. The summed E-state index contributed by atoms with van der Waals surface area (Å²) in [5, 5.41) is 3.02. The molecule has 0 saturated heterocycles. The molecule has 3 rings (SSSR count). The number of hydrogen-bond donors (Lipinski definition) is 2. The van der Waals surface area contributed by atoms with Crippen molar-refractivity contribution >= 4 is 54.8 Å². The van der Waals surface area contributed by atoms with Crippen molar-refractivity contribution in [2.24, 2.45) is 0 Å². The number of carbonyl (C=O) groups is 1. The fraction of sp³-hybridized carbons (Fsp3) is 0.0500. The van der Waals surface area contributed by atoms with Gasteiger partial charge >= 0.3 is 0 Å². The molecule has 0 aliphatic heterocycles. The maximum atomic E-state index is 12.6. The van der Waals surface area contributed by atoms with E-state index in [1.165, 1.54) is 12.1 Å². The fourth-order valence-corrected chi connectivity index (χ4v) is 4.11. The lowest BCUT2D eigenvalue weighted by atomic mass is 10.1. The first-order chi connectivity index (χ1) is 13.3. The van der Waals surface area contributed by atoms with Crippen LogP contribution >= 0.6 is 27.5 Å². The fourth-order valence-electron chi connectivity index (χ4n) is 2.48. The molecule has 0 unspecified atom stereocenters. The van der Waals surface area contributed by atoms with Gasteiger partial charge in [0.25, 0.3) is 10.0 Å². The summed E-state index contributed by atoms with van der Waals surface area (Å²) < 4.78 is 28.6. The van der Waals surface area contributed by atoms with Crippen LogP contribution in [0.4, 0.5) is 11.4 Å². The monoisotopic (exact) mass is 478 g/mol. The van der Waals surface area contributed by atoms with Crippen LogP contribution in [0, 0.1) is 0 Å². The van der Waals surface area contributed by atoms with Crippen molar-refractivity contribution in [2.75, 3.05) is 10.0 Å². The smallest absolute Gasteiger partial charge is 0.262 e. The Morgan fingerprint density at radius 3 is 2.39 bits per heavy atom. The van der Waals surface area contributed by atoms with Crippen molar-refractivity contribution in [1.29, 1.82) is 0 Å². The number of para-hydroxylation sites is 1. The van der Waals surface area contributed by atoms with Crippen LogP contribution in [0.2, 0.25) is 5.02 Å². The van der Waals surface area contributed by atoms with E-state index in [0.29, 0.717) is 10.7 Å². The second-order valence-electron chi connectivity index (χ2n) is 5.96. The van der Waals surface area contributed by atoms with E-state index in [0.717, 1.165) is 10.0 Å². The van der Waals surface area contributed by atoms with Crippen molar-refractivity contribution in [3.63, 3.8) is 0 Å². The van der Waals surface area contributed by atoms with E-state index in [1.54, 1.807) is 36.4 Å². The third-order valence-electron chi connectivity index (χ3n) is 3.82. The van der Waals surface area contributed by atoms with E-state index in [9.17, 15) is 13.2 Å². The number of hydrogen-bond acceptors (Lipinski definition) is 3. The normalized spacial score (nSPS) is 11.1. The largest absolute Gasteiger partial charge is 0.326 e. The molecule has 0 saturated carbocycles. The molecule has 0 fully saturated rings. The van der Waals surface area contributed by atoms with Gasteiger partial charge in [-0.3, -0.25) is 9.52 Å². The number of amides is 1. The van der Waals surface area contributed by atoms with E-state index in [4.69, 9.17) is 11.6 Å². The van der Waals surface area contributed by atoms with Crippen molar-refractivity contribution in [2.45, 2.75) is 11.3 Å². The summed E-state index contributed by atoms with van der Waals surface area (Å²) in [5.74, 6) is -0.240. The summed E-state index contributed by atoms with van der Waals surface area (Å²) in [7, 11) is -3.85. The Morgan fingerprint density at radius 1 is 0.964 bits per heavy atom. The molecule has 0 spiro atoms. The molecule has 5 nitrogen and oxygen atoms in total. The number of halogens is 2. The molecule has 0 aromatic heterocycles. The Kier molecular flexibility index (Phi) is 6.39. The average Bonchev–Trinajstić information content (AvgIpc) is 2.65. The van der Waals surface area contributed by atoms with E-state index in [-0.39, 0.29) is 22.9 Å². The highest BCUT2D eigenvalue weighted by molar-refractivity contribution is 9.10. The predicted molar refractivity (Wildman–Crippen MR) is 115 cm³/mol. The second-order valence-corrected chi connectivity index (χ2v) is 8.97. The average molecular weight is 480 g/mol. The standard InChI is InChI=1S/C20H16BrClN2O3S/c21-15-10-8-14(9-11-15)12-20(25)23-16-4-3-5-17(13-16)28(26,27)24-19-7-2-1-6-18(19)22/h1-11,13,24H,12H2,(H,23,25). The number of anilines is 2. The van der Waals surface area contributed by atoms with Crippen LogP contribution in [0.1, 0.15) is 5.56 Å². The van der Waals surface area contributed by atoms with Gasteiger partial charge in [-0.25, -0.2) is 8.42 Å². The topological polar surface area (TPSA) is 75.3 Å². The van der Waals surface area contributed by atoms with Crippen LogP contribution in [-0.2, 0) is 21.2 Å². The molecule has 0 radical (unpaired) electrons. The maximum absolute atomic E-state index is 12.6. The van der Waals surface area contributed by atoms with E-state index in [2.05, 4.69) is 26.0 Å². The van der Waals surface area contributed by atoms with Crippen LogP contribution in [0.25, 0.3) is 0 Å². The van der Waals surface area contributed by atoms with Gasteiger partial charge in [0.15, 0.2) is 0 Å². The molecule has 0 aliphatic carbocycles. The van der Waals surface area contributed by atoms with Crippen LogP contribution in [-0.4, -0.2) is 14.3 Å². The zero-order valence-corrected chi connectivity index (χ0v) is 17.7. The molecule has 8 heteroatoms. The van der Waals surface area contributed by atoms with Crippen molar-refractivity contribution in [1.82, 2.24) is 0 Å². The quantitative estimate of drug-likeness (QED) is 0.517. The molecule has 3 aromatic rings. The van der Waals surface area contributed by atoms with Gasteiger partial charge in [0.05, 0.1) is 22.0 Å². The molecule has 1 amide bonds. The van der Waals surface area contributed by atoms with Gasteiger partial charge < -0.3 is 5.32 Å². The first kappa shape index (κ1) is 20.4. The van der Waals surface area contributed by atoms with Gasteiger partial charge in [-0.2, -0.15) is 0 Å². The van der Waals surface area contributed by atoms with Gasteiger partial charge in [-0.15, -0.1) is 0 Å². The zero-order valence-electron chi connectivity index (χ0n) is 14.5. The molecule has 144 valence electrons. The van der Waals surface area contributed by atoms with Gasteiger partial charge in [0.1, 0.15) is 0 Å². The SMILES string of the molecule is O=C(Cc1ccc(Br)cc1)Nc1cccc(S(=O)(=O)Nc2ccccc2Cl)c1. The molecular formula is C20H16BrClN2O3S. The highest BCUT2D eigenvalue weighted by atomic mass is 79.9. The first-order valence-electron chi connectivity index (χ1n) is 8.25. The summed E-state index contributed by atoms with van der Waals surface area (Å²) in [6.45, 7) is 0. The number of nitrogens with one attached hydrogen (secondary N) is 2. The minimum absolute atomic E-state index is 0.0221. The molecule has 28 heavy (non-hydrogen) atoms. The van der Waals surface area contributed by atoms with Crippen LogP contribution in [0.15, 0.2) is 82.2 Å². The molecule has 0 atom stereocenters. The lowest BCUT2D eigenvalue weighted by Crippen LogP contribution is -2.16. The van der Waals surface area contributed by atoms with Crippen LogP contribution in [0.5, 0.6) is 0 Å². The van der Waals surface area contributed by atoms with E-state index < -0.39 is 10.0 Å². The number of carbonyl (C=O) groups excluding carboxylic acids is 1. The summed E-state index contributed by atoms with van der Waals surface area (Å²) >= 11 is 9.37. The highest BCUT2D eigenvalue weighted by Crippen LogP contribution is 2.25. The first-order valence-corrected chi connectivity index (χ1v) is 10.9. The minimum atomic E-state index is -3.85. The molecule has 0 heterocycles. The molecule has 2 N–H and O–H groups in total. The van der Waals surface area contributed by atoms with E-state index in [1.807, 2.05) is 24.3 Å². The maximum Gasteiger partial charge on any atom is 0.262 e. The van der Waals surface area contributed by atoms with E-state index >= 15 is 0 Å². The molecule has 0 aliphatic rings.